The molecule has 0 saturated heterocycles. The van der Waals surface area contributed by atoms with E-state index in [1.165, 1.54) is 38.9 Å². The number of fused-ring (bicyclic) bond motifs is 1. The summed E-state index contributed by atoms with van der Waals surface area (Å²) in [6, 6.07) is 18.1. The Morgan fingerprint density at radius 3 is 2.43 bits per heavy atom. The number of aryl methyl sites for hydroxylation is 3. The summed E-state index contributed by atoms with van der Waals surface area (Å²) in [7, 11) is 2.17. The van der Waals surface area contributed by atoms with Crippen LogP contribution in [0.4, 0.5) is 0 Å². The lowest BCUT2D eigenvalue weighted by atomic mass is 9.99. The second-order valence-corrected chi connectivity index (χ2v) is 7.09. The quantitative estimate of drug-likeness (QED) is 0.589. The van der Waals surface area contributed by atoms with Crippen molar-refractivity contribution in [2.75, 3.05) is 0 Å². The maximum absolute atomic E-state index is 2.34. The Hall–Kier alpha value is -2.15. The lowest BCUT2D eigenvalue weighted by Crippen LogP contribution is -2.32. The summed E-state index contributed by atoms with van der Waals surface area (Å²) in [6.07, 6.45) is 1.14. The van der Waals surface area contributed by atoms with Gasteiger partial charge >= 0.3 is 0 Å². The van der Waals surface area contributed by atoms with Gasteiger partial charge in [0.05, 0.1) is 0 Å². The summed E-state index contributed by atoms with van der Waals surface area (Å²) in [5, 5.41) is 1.32. The van der Waals surface area contributed by atoms with E-state index in [0.29, 0.717) is 5.92 Å². The zero-order chi connectivity index (χ0) is 16.6. The number of nitrogens with zero attached hydrogens (tertiary/aromatic N) is 1. The highest BCUT2D eigenvalue weighted by Crippen LogP contribution is 2.24. The molecule has 0 saturated carbocycles. The first-order valence-electron chi connectivity index (χ1n) is 8.45. The zero-order valence-corrected chi connectivity index (χ0v) is 14.9. The van der Waals surface area contributed by atoms with Gasteiger partial charge in [-0.1, -0.05) is 37.6 Å². The van der Waals surface area contributed by atoms with E-state index in [2.05, 4.69) is 87.8 Å². The first-order valence-corrected chi connectivity index (χ1v) is 8.45. The molecule has 0 fully saturated rings. The molecule has 1 aromatic heterocycles. The molecular weight excluding hydrogens is 278 g/mol. The van der Waals surface area contributed by atoms with E-state index in [9.17, 15) is 0 Å². The highest BCUT2D eigenvalue weighted by molar-refractivity contribution is 5.78. The fourth-order valence-electron chi connectivity index (χ4n) is 3.33. The summed E-state index contributed by atoms with van der Waals surface area (Å²) < 4.78 is 2.32. The topological polar surface area (TPSA) is 3.88 Å². The van der Waals surface area contributed by atoms with Crippen LogP contribution in [0.5, 0.6) is 0 Å². The van der Waals surface area contributed by atoms with Crippen LogP contribution in [-0.4, -0.2) is 0 Å². The van der Waals surface area contributed by atoms with Gasteiger partial charge in [0.25, 0.3) is 0 Å². The van der Waals surface area contributed by atoms with Crippen molar-refractivity contribution < 1.29 is 4.57 Å². The molecule has 1 nitrogen and oxygen atoms in total. The highest BCUT2D eigenvalue weighted by Gasteiger charge is 2.16. The Labute approximate surface area is 139 Å². The number of aromatic nitrogens is 1. The summed E-state index contributed by atoms with van der Waals surface area (Å²) in [5.41, 5.74) is 7.93. The number of pyridine rings is 1. The van der Waals surface area contributed by atoms with Gasteiger partial charge in [0, 0.05) is 23.1 Å². The maximum atomic E-state index is 2.34. The lowest BCUT2D eigenvalue weighted by Gasteiger charge is -2.09. The van der Waals surface area contributed by atoms with Crippen molar-refractivity contribution >= 4 is 10.9 Å². The molecular formula is C22H26N+. The molecule has 2 aromatic carbocycles. The summed E-state index contributed by atoms with van der Waals surface area (Å²) in [5.74, 6) is 0.690. The summed E-state index contributed by atoms with van der Waals surface area (Å²) in [6.45, 7) is 8.88. The summed E-state index contributed by atoms with van der Waals surface area (Å²) in [4.78, 5) is 0. The molecule has 0 N–H and O–H groups in total. The SMILES string of the molecule is Cc1ccc(C)c(-c2ccc3cc(CC(C)C)ccc3[n+]2C)c1. The smallest absolute Gasteiger partial charge is 0.194 e. The molecule has 0 amide bonds. The van der Waals surface area contributed by atoms with Crippen molar-refractivity contribution in [2.45, 2.75) is 34.1 Å². The van der Waals surface area contributed by atoms with Gasteiger partial charge in [0.1, 0.15) is 7.05 Å². The minimum atomic E-state index is 0.690. The fraction of sp³-hybridized carbons (Fsp3) is 0.318. The van der Waals surface area contributed by atoms with Crippen LogP contribution >= 0.6 is 0 Å². The summed E-state index contributed by atoms with van der Waals surface area (Å²) >= 11 is 0. The van der Waals surface area contributed by atoms with Crippen molar-refractivity contribution in [2.24, 2.45) is 13.0 Å². The van der Waals surface area contributed by atoms with Crippen molar-refractivity contribution in [3.63, 3.8) is 0 Å². The van der Waals surface area contributed by atoms with Crippen molar-refractivity contribution in [3.05, 3.63) is 65.2 Å². The van der Waals surface area contributed by atoms with Gasteiger partial charge in [-0.15, -0.1) is 0 Å². The van der Waals surface area contributed by atoms with Gasteiger partial charge in [0.2, 0.25) is 11.2 Å². The van der Waals surface area contributed by atoms with Crippen molar-refractivity contribution in [3.8, 4) is 11.3 Å². The Morgan fingerprint density at radius 1 is 0.913 bits per heavy atom. The van der Waals surface area contributed by atoms with E-state index in [0.717, 1.165) is 6.42 Å². The average Bonchev–Trinajstić information content (AvgIpc) is 2.50. The second-order valence-electron chi connectivity index (χ2n) is 7.09. The molecule has 0 unspecified atom stereocenters. The van der Waals surface area contributed by atoms with Crippen molar-refractivity contribution in [1.82, 2.24) is 0 Å². The third-order valence-corrected chi connectivity index (χ3v) is 4.55. The number of rotatable bonds is 3. The Balaban J connectivity index is 2.14. The molecule has 1 heterocycles. The standard InChI is InChI=1S/C22H26N/c1-15(2)12-18-8-10-21-19(14-18)9-11-22(23(21)5)20-13-16(3)6-7-17(20)4/h6-11,13-15H,12H2,1-5H3/q+1. The van der Waals surface area contributed by atoms with E-state index in [1.54, 1.807) is 0 Å². The van der Waals surface area contributed by atoms with E-state index < -0.39 is 0 Å². The minimum Gasteiger partial charge on any atom is -0.194 e. The molecule has 0 spiro atoms. The number of benzene rings is 2. The van der Waals surface area contributed by atoms with Crippen LogP contribution in [0.15, 0.2) is 48.5 Å². The molecule has 0 aliphatic carbocycles. The van der Waals surface area contributed by atoms with E-state index in [1.807, 2.05) is 0 Å². The van der Waals surface area contributed by atoms with E-state index in [-0.39, 0.29) is 0 Å². The predicted molar refractivity (Wildman–Crippen MR) is 98.6 cm³/mol. The molecule has 0 radical (unpaired) electrons. The molecule has 0 aliphatic rings. The zero-order valence-electron chi connectivity index (χ0n) is 14.9. The minimum absolute atomic E-state index is 0.690. The van der Waals surface area contributed by atoms with Crippen LogP contribution in [0.3, 0.4) is 0 Å². The van der Waals surface area contributed by atoms with Gasteiger partial charge in [-0.05, 0) is 55.5 Å². The lowest BCUT2D eigenvalue weighted by molar-refractivity contribution is -0.633. The second kappa shape index (κ2) is 6.16. The molecule has 0 aliphatic heterocycles. The van der Waals surface area contributed by atoms with Gasteiger partial charge < -0.3 is 0 Å². The molecule has 118 valence electrons. The monoisotopic (exact) mass is 304 g/mol. The molecule has 23 heavy (non-hydrogen) atoms. The van der Waals surface area contributed by atoms with Crippen LogP contribution < -0.4 is 4.57 Å². The van der Waals surface area contributed by atoms with Crippen molar-refractivity contribution in [1.29, 1.82) is 0 Å². The van der Waals surface area contributed by atoms with E-state index in [4.69, 9.17) is 0 Å². The maximum Gasteiger partial charge on any atom is 0.213 e. The van der Waals surface area contributed by atoms with Gasteiger partial charge in [-0.25, -0.2) is 0 Å². The number of hydrogen-bond donors (Lipinski definition) is 0. The molecule has 3 aromatic rings. The largest absolute Gasteiger partial charge is 0.213 e. The third kappa shape index (κ3) is 3.14. The fourth-order valence-corrected chi connectivity index (χ4v) is 3.33. The van der Waals surface area contributed by atoms with Gasteiger partial charge in [-0.3, -0.25) is 0 Å². The molecule has 0 atom stereocenters. The van der Waals surface area contributed by atoms with Crippen LogP contribution in [0.1, 0.15) is 30.5 Å². The first kappa shape index (κ1) is 15.7. The first-order chi connectivity index (χ1) is 11.0. The third-order valence-electron chi connectivity index (χ3n) is 4.55. The Morgan fingerprint density at radius 2 is 1.70 bits per heavy atom. The average molecular weight is 304 g/mol. The van der Waals surface area contributed by atoms with Crippen LogP contribution in [0, 0.1) is 19.8 Å². The Kier molecular flexibility index (Phi) is 4.21. The van der Waals surface area contributed by atoms with Gasteiger partial charge in [-0.2, -0.15) is 4.57 Å². The molecule has 3 rings (SSSR count). The number of hydrogen-bond acceptors (Lipinski definition) is 0. The highest BCUT2D eigenvalue weighted by atomic mass is 14.9. The van der Waals surface area contributed by atoms with E-state index >= 15 is 0 Å². The molecule has 1 heteroatoms. The Bertz CT molecular complexity index is 859. The molecule has 0 bridgehead atoms. The van der Waals surface area contributed by atoms with Crippen LogP contribution in [-0.2, 0) is 13.5 Å². The van der Waals surface area contributed by atoms with Gasteiger partial charge in [0.15, 0.2) is 0 Å². The normalized spacial score (nSPS) is 11.4. The van der Waals surface area contributed by atoms with Crippen LogP contribution in [0.25, 0.3) is 22.2 Å². The predicted octanol–water partition coefficient (Wildman–Crippen LogP) is 5.15. The van der Waals surface area contributed by atoms with Crippen LogP contribution in [0.2, 0.25) is 0 Å².